The molecule has 0 spiro atoms. The normalized spacial score (nSPS) is 10.3. The van der Waals surface area contributed by atoms with Gasteiger partial charge in [-0.2, -0.15) is 0 Å². The largest absolute Gasteiger partial charge is 0.396 e. The second-order valence-corrected chi connectivity index (χ2v) is 4.58. The molecule has 0 aliphatic rings. The topological polar surface area (TPSA) is 55.1 Å². The van der Waals surface area contributed by atoms with Gasteiger partial charge in [0.25, 0.3) is 5.91 Å². The number of hydrogen-bond donors (Lipinski definition) is 2. The number of nitrogens with one attached hydrogen (secondary N) is 1. The number of carbonyl (C=O) groups is 1. The monoisotopic (exact) mass is 298 g/mol. The molecule has 0 saturated heterocycles. The summed E-state index contributed by atoms with van der Waals surface area (Å²) in [6, 6.07) is 8.63. The van der Waals surface area contributed by atoms with Crippen molar-refractivity contribution in [3.63, 3.8) is 0 Å². The second kappa shape index (κ2) is 5.47. The zero-order chi connectivity index (χ0) is 14.0. The standard InChI is InChI=1S/C13H9Cl2FN2O/c14-9-3-1-2-8(12(9)15)13(19)18-7-4-5-10(16)11(17)6-7/h1-6H,17H2,(H,18,19). The third-order valence-electron chi connectivity index (χ3n) is 2.45. The summed E-state index contributed by atoms with van der Waals surface area (Å²) in [5, 5.41) is 3.01. The van der Waals surface area contributed by atoms with E-state index in [2.05, 4.69) is 5.32 Å². The summed E-state index contributed by atoms with van der Waals surface area (Å²) < 4.78 is 13.0. The van der Waals surface area contributed by atoms with Crippen LogP contribution in [0.4, 0.5) is 15.8 Å². The van der Waals surface area contributed by atoms with E-state index in [4.69, 9.17) is 28.9 Å². The third kappa shape index (κ3) is 2.97. The predicted octanol–water partition coefficient (Wildman–Crippen LogP) is 3.97. The Bertz CT molecular complexity index is 647. The van der Waals surface area contributed by atoms with E-state index in [1.807, 2.05) is 0 Å². The molecule has 3 nitrogen and oxygen atoms in total. The van der Waals surface area contributed by atoms with Crippen molar-refractivity contribution in [3.8, 4) is 0 Å². The van der Waals surface area contributed by atoms with Gasteiger partial charge in [-0.3, -0.25) is 4.79 Å². The summed E-state index contributed by atoms with van der Waals surface area (Å²) >= 11 is 11.8. The number of hydrogen-bond acceptors (Lipinski definition) is 2. The van der Waals surface area contributed by atoms with Crippen molar-refractivity contribution in [2.45, 2.75) is 0 Å². The Morgan fingerprint density at radius 2 is 1.95 bits per heavy atom. The van der Waals surface area contributed by atoms with Gasteiger partial charge in [0.15, 0.2) is 0 Å². The van der Waals surface area contributed by atoms with Crippen LogP contribution in [0.15, 0.2) is 36.4 Å². The molecule has 2 rings (SSSR count). The Labute approximate surface area is 119 Å². The van der Waals surface area contributed by atoms with E-state index < -0.39 is 11.7 Å². The van der Waals surface area contributed by atoms with Crippen molar-refractivity contribution < 1.29 is 9.18 Å². The molecule has 19 heavy (non-hydrogen) atoms. The van der Waals surface area contributed by atoms with Crippen LogP contribution < -0.4 is 11.1 Å². The molecule has 0 fully saturated rings. The van der Waals surface area contributed by atoms with Gasteiger partial charge in [0.1, 0.15) is 5.82 Å². The van der Waals surface area contributed by atoms with Gasteiger partial charge in [0.05, 0.1) is 21.3 Å². The molecule has 0 aliphatic carbocycles. The number of nitrogens with two attached hydrogens (primary N) is 1. The molecule has 98 valence electrons. The Morgan fingerprint density at radius 3 is 2.63 bits per heavy atom. The molecule has 0 bridgehead atoms. The molecule has 2 aromatic carbocycles. The van der Waals surface area contributed by atoms with Crippen LogP contribution >= 0.6 is 23.2 Å². The number of anilines is 2. The summed E-state index contributed by atoms with van der Waals surface area (Å²) in [6.45, 7) is 0. The van der Waals surface area contributed by atoms with Crippen LogP contribution in [0, 0.1) is 5.82 Å². The fourth-order valence-electron chi connectivity index (χ4n) is 1.50. The lowest BCUT2D eigenvalue weighted by molar-refractivity contribution is 0.102. The molecule has 0 heterocycles. The van der Waals surface area contributed by atoms with Gasteiger partial charge >= 0.3 is 0 Å². The molecule has 0 radical (unpaired) electrons. The van der Waals surface area contributed by atoms with Crippen LogP contribution in [0.3, 0.4) is 0 Å². The summed E-state index contributed by atoms with van der Waals surface area (Å²) in [4.78, 5) is 12.0. The Morgan fingerprint density at radius 1 is 1.21 bits per heavy atom. The van der Waals surface area contributed by atoms with E-state index in [0.29, 0.717) is 5.69 Å². The lowest BCUT2D eigenvalue weighted by Crippen LogP contribution is -2.12. The maximum absolute atomic E-state index is 13.0. The molecule has 0 aliphatic heterocycles. The maximum atomic E-state index is 13.0. The average molecular weight is 299 g/mol. The zero-order valence-electron chi connectivity index (χ0n) is 9.58. The Hall–Kier alpha value is -1.78. The fraction of sp³-hybridized carbons (Fsp3) is 0. The lowest BCUT2D eigenvalue weighted by atomic mass is 10.2. The summed E-state index contributed by atoms with van der Waals surface area (Å²) in [5.41, 5.74) is 5.98. The van der Waals surface area contributed by atoms with Gasteiger partial charge in [-0.1, -0.05) is 29.3 Å². The molecule has 2 aromatic rings. The number of rotatable bonds is 2. The number of benzene rings is 2. The molecular weight excluding hydrogens is 290 g/mol. The molecule has 1 amide bonds. The first-order valence-corrected chi connectivity index (χ1v) is 6.05. The van der Waals surface area contributed by atoms with E-state index in [0.717, 1.165) is 0 Å². The van der Waals surface area contributed by atoms with Crippen LogP contribution in [-0.4, -0.2) is 5.91 Å². The van der Waals surface area contributed by atoms with Crippen molar-refractivity contribution in [1.82, 2.24) is 0 Å². The van der Waals surface area contributed by atoms with Gasteiger partial charge in [-0.05, 0) is 30.3 Å². The highest BCUT2D eigenvalue weighted by Crippen LogP contribution is 2.26. The van der Waals surface area contributed by atoms with Gasteiger partial charge in [0, 0.05) is 5.69 Å². The van der Waals surface area contributed by atoms with Crippen molar-refractivity contribution in [2.75, 3.05) is 11.1 Å². The molecular formula is C13H9Cl2FN2O. The molecule has 0 saturated carbocycles. The zero-order valence-corrected chi connectivity index (χ0v) is 11.1. The number of halogens is 3. The highest BCUT2D eigenvalue weighted by Gasteiger charge is 2.13. The maximum Gasteiger partial charge on any atom is 0.257 e. The number of amides is 1. The first kappa shape index (κ1) is 13.6. The summed E-state index contributed by atoms with van der Waals surface area (Å²) in [5.74, 6) is -0.989. The molecule has 3 N–H and O–H groups in total. The van der Waals surface area contributed by atoms with E-state index in [1.165, 1.54) is 24.3 Å². The first-order valence-electron chi connectivity index (χ1n) is 5.29. The smallest absolute Gasteiger partial charge is 0.257 e. The van der Waals surface area contributed by atoms with Gasteiger partial charge in [-0.25, -0.2) is 4.39 Å². The van der Waals surface area contributed by atoms with Crippen molar-refractivity contribution >= 4 is 40.5 Å². The number of nitrogen functional groups attached to an aromatic ring is 1. The van der Waals surface area contributed by atoms with Crippen molar-refractivity contribution in [3.05, 3.63) is 57.8 Å². The van der Waals surface area contributed by atoms with Crippen molar-refractivity contribution in [1.29, 1.82) is 0 Å². The minimum absolute atomic E-state index is 0.0463. The van der Waals surface area contributed by atoms with Crippen molar-refractivity contribution in [2.24, 2.45) is 0 Å². The van der Waals surface area contributed by atoms with Gasteiger partial charge in [-0.15, -0.1) is 0 Å². The number of carbonyl (C=O) groups excluding carboxylic acids is 1. The summed E-state index contributed by atoms with van der Waals surface area (Å²) in [6.07, 6.45) is 0. The fourth-order valence-corrected chi connectivity index (χ4v) is 1.89. The Kier molecular flexibility index (Phi) is 3.93. The molecule has 6 heteroatoms. The van der Waals surface area contributed by atoms with E-state index >= 15 is 0 Å². The summed E-state index contributed by atoms with van der Waals surface area (Å²) in [7, 11) is 0. The van der Waals surface area contributed by atoms with Crippen LogP contribution in [0.5, 0.6) is 0 Å². The van der Waals surface area contributed by atoms with Crippen LogP contribution in [0.1, 0.15) is 10.4 Å². The molecule has 0 aromatic heterocycles. The molecule has 0 atom stereocenters. The highest BCUT2D eigenvalue weighted by atomic mass is 35.5. The van der Waals surface area contributed by atoms with Gasteiger partial charge < -0.3 is 11.1 Å². The second-order valence-electron chi connectivity index (χ2n) is 3.79. The minimum Gasteiger partial charge on any atom is -0.396 e. The predicted molar refractivity (Wildman–Crippen MR) is 75.2 cm³/mol. The molecule has 0 unspecified atom stereocenters. The average Bonchev–Trinajstić information content (AvgIpc) is 2.37. The quantitative estimate of drug-likeness (QED) is 0.824. The van der Waals surface area contributed by atoms with Crippen LogP contribution in [0.2, 0.25) is 10.0 Å². The van der Waals surface area contributed by atoms with Gasteiger partial charge in [0.2, 0.25) is 0 Å². The highest BCUT2D eigenvalue weighted by molar-refractivity contribution is 6.44. The van der Waals surface area contributed by atoms with Crippen LogP contribution in [0.25, 0.3) is 0 Å². The Balaban J connectivity index is 2.26. The first-order chi connectivity index (χ1) is 8.99. The van der Waals surface area contributed by atoms with Crippen LogP contribution in [-0.2, 0) is 0 Å². The van der Waals surface area contributed by atoms with E-state index in [9.17, 15) is 9.18 Å². The lowest BCUT2D eigenvalue weighted by Gasteiger charge is -2.08. The third-order valence-corrected chi connectivity index (χ3v) is 3.27. The van der Waals surface area contributed by atoms with E-state index in [-0.39, 0.29) is 21.3 Å². The van der Waals surface area contributed by atoms with E-state index in [1.54, 1.807) is 12.1 Å². The minimum atomic E-state index is -0.543. The SMILES string of the molecule is Nc1cc(NC(=O)c2cccc(Cl)c2Cl)ccc1F.